The summed E-state index contributed by atoms with van der Waals surface area (Å²) in [5.74, 6) is 0.999. The van der Waals surface area contributed by atoms with Crippen LogP contribution in [-0.4, -0.2) is 37.6 Å². The molecule has 0 aromatic carbocycles. The second kappa shape index (κ2) is 6.91. The quantitative estimate of drug-likeness (QED) is 0.780. The maximum Gasteiger partial charge on any atom is 0.00991 e. The van der Waals surface area contributed by atoms with Gasteiger partial charge in [0.05, 0.1) is 0 Å². The van der Waals surface area contributed by atoms with Crippen molar-refractivity contribution in [2.45, 2.75) is 71.9 Å². The van der Waals surface area contributed by atoms with Crippen molar-refractivity contribution in [3.63, 3.8) is 0 Å². The molecule has 1 fully saturated rings. The van der Waals surface area contributed by atoms with Gasteiger partial charge in [-0.05, 0) is 58.0 Å². The maximum atomic E-state index is 3.40. The molecule has 1 aliphatic carbocycles. The van der Waals surface area contributed by atoms with Gasteiger partial charge in [0.2, 0.25) is 0 Å². The monoisotopic (exact) mass is 254 g/mol. The second-order valence-electron chi connectivity index (χ2n) is 7.00. The molecule has 0 saturated heterocycles. The van der Waals surface area contributed by atoms with Gasteiger partial charge in [-0.25, -0.2) is 0 Å². The predicted molar refractivity (Wildman–Crippen MR) is 81.0 cm³/mol. The van der Waals surface area contributed by atoms with Gasteiger partial charge < -0.3 is 10.2 Å². The molecule has 0 aromatic rings. The Hall–Kier alpha value is -0.0800. The first-order valence-corrected chi connectivity index (χ1v) is 7.78. The van der Waals surface area contributed by atoms with Crippen molar-refractivity contribution in [2.75, 3.05) is 20.6 Å². The zero-order valence-electron chi connectivity index (χ0n) is 13.4. The Morgan fingerprint density at radius 1 is 1.22 bits per heavy atom. The van der Waals surface area contributed by atoms with E-state index in [-0.39, 0.29) is 0 Å². The molecule has 0 bridgehead atoms. The van der Waals surface area contributed by atoms with E-state index in [0.717, 1.165) is 12.0 Å². The fourth-order valence-electron chi connectivity index (χ4n) is 3.29. The normalized spacial score (nSPS) is 27.5. The zero-order chi connectivity index (χ0) is 13.8. The van der Waals surface area contributed by atoms with Gasteiger partial charge >= 0.3 is 0 Å². The molecule has 0 radical (unpaired) electrons. The molecule has 1 aliphatic rings. The molecule has 2 heteroatoms. The lowest BCUT2D eigenvalue weighted by molar-refractivity contribution is 0.101. The Kier molecular flexibility index (Phi) is 6.13. The topological polar surface area (TPSA) is 15.3 Å². The smallest absolute Gasteiger partial charge is 0.00991 e. The molecule has 1 rings (SSSR count). The fraction of sp³-hybridized carbons (Fsp3) is 1.00. The van der Waals surface area contributed by atoms with E-state index in [2.05, 4.69) is 52.0 Å². The molecule has 1 atom stereocenters. The van der Waals surface area contributed by atoms with Crippen LogP contribution in [0.1, 0.15) is 59.8 Å². The van der Waals surface area contributed by atoms with Crippen LogP contribution in [0, 0.1) is 11.3 Å². The van der Waals surface area contributed by atoms with Crippen molar-refractivity contribution in [3.05, 3.63) is 0 Å². The molecule has 1 unspecified atom stereocenters. The van der Waals surface area contributed by atoms with Gasteiger partial charge in [0, 0.05) is 18.6 Å². The lowest BCUT2D eigenvalue weighted by Crippen LogP contribution is -2.47. The van der Waals surface area contributed by atoms with Crippen LogP contribution in [0.5, 0.6) is 0 Å². The molecule has 1 saturated carbocycles. The first-order valence-electron chi connectivity index (χ1n) is 7.78. The summed E-state index contributed by atoms with van der Waals surface area (Å²) in [7, 11) is 4.39. The highest BCUT2D eigenvalue weighted by atomic mass is 15.1. The van der Waals surface area contributed by atoms with Crippen LogP contribution in [-0.2, 0) is 0 Å². The van der Waals surface area contributed by atoms with Crippen LogP contribution in [0.15, 0.2) is 0 Å². The van der Waals surface area contributed by atoms with E-state index in [1.165, 1.54) is 38.6 Å². The van der Waals surface area contributed by atoms with Crippen LogP contribution >= 0.6 is 0 Å². The molecular weight excluding hydrogens is 220 g/mol. The summed E-state index contributed by atoms with van der Waals surface area (Å²) in [6.45, 7) is 10.6. The summed E-state index contributed by atoms with van der Waals surface area (Å²) >= 11 is 0. The first-order chi connectivity index (χ1) is 8.40. The highest BCUT2D eigenvalue weighted by Gasteiger charge is 2.30. The van der Waals surface area contributed by atoms with Crippen molar-refractivity contribution in [3.8, 4) is 0 Å². The molecule has 0 aliphatic heterocycles. The highest BCUT2D eigenvalue weighted by Crippen LogP contribution is 2.31. The predicted octanol–water partition coefficient (Wildman–Crippen LogP) is 3.52. The number of hydrogen-bond acceptors (Lipinski definition) is 2. The van der Waals surface area contributed by atoms with Gasteiger partial charge in [-0.2, -0.15) is 0 Å². The van der Waals surface area contributed by atoms with E-state index in [1.54, 1.807) is 0 Å². The minimum atomic E-state index is 0.338. The number of rotatable bonds is 6. The van der Waals surface area contributed by atoms with Gasteiger partial charge in [0.15, 0.2) is 0 Å². The van der Waals surface area contributed by atoms with Crippen molar-refractivity contribution < 1.29 is 0 Å². The Morgan fingerprint density at radius 3 is 2.22 bits per heavy atom. The molecule has 2 nitrogen and oxygen atoms in total. The summed E-state index contributed by atoms with van der Waals surface area (Å²) in [6.07, 6.45) is 7.05. The van der Waals surface area contributed by atoms with E-state index < -0.39 is 0 Å². The highest BCUT2D eigenvalue weighted by molar-refractivity contribution is 4.86. The molecule has 0 aromatic heterocycles. The minimum Gasteiger partial charge on any atom is -0.317 e. The summed E-state index contributed by atoms with van der Waals surface area (Å²) in [6, 6.07) is 1.38. The third kappa shape index (κ3) is 4.24. The van der Waals surface area contributed by atoms with Gasteiger partial charge in [0.1, 0.15) is 0 Å². The average Bonchev–Trinajstić information content (AvgIpc) is 2.37. The Labute approximate surface area is 115 Å². The average molecular weight is 254 g/mol. The van der Waals surface area contributed by atoms with Crippen LogP contribution in [0.4, 0.5) is 0 Å². The van der Waals surface area contributed by atoms with Gasteiger partial charge in [-0.3, -0.25) is 0 Å². The molecule has 1 N–H and O–H groups in total. The Bertz CT molecular complexity index is 229. The molecule has 108 valence electrons. The standard InChI is InChI=1S/C16H34N2/c1-7-14-8-10-15(11-9-14)18(6)12-16(3,4)13(2)17-5/h13-15,17H,7-12H2,1-6H3. The van der Waals surface area contributed by atoms with E-state index in [0.29, 0.717) is 11.5 Å². The SMILES string of the molecule is CCC1CCC(N(C)CC(C)(C)C(C)NC)CC1. The molecule has 0 amide bonds. The lowest BCUT2D eigenvalue weighted by atomic mass is 9.81. The van der Waals surface area contributed by atoms with E-state index in [1.807, 2.05) is 0 Å². The van der Waals surface area contributed by atoms with Gasteiger partial charge in [-0.1, -0.05) is 27.2 Å². The second-order valence-corrected chi connectivity index (χ2v) is 7.00. The summed E-state index contributed by atoms with van der Waals surface area (Å²) in [5, 5.41) is 3.40. The van der Waals surface area contributed by atoms with E-state index >= 15 is 0 Å². The molecule has 0 heterocycles. The number of nitrogens with one attached hydrogen (secondary N) is 1. The van der Waals surface area contributed by atoms with Crippen LogP contribution in [0.3, 0.4) is 0 Å². The number of hydrogen-bond donors (Lipinski definition) is 1. The van der Waals surface area contributed by atoms with E-state index in [9.17, 15) is 0 Å². The molecule has 0 spiro atoms. The van der Waals surface area contributed by atoms with Gasteiger partial charge in [-0.15, -0.1) is 0 Å². The van der Waals surface area contributed by atoms with Crippen LogP contribution < -0.4 is 5.32 Å². The van der Waals surface area contributed by atoms with Crippen molar-refractivity contribution >= 4 is 0 Å². The summed E-state index contributed by atoms with van der Waals surface area (Å²) < 4.78 is 0. The van der Waals surface area contributed by atoms with Crippen molar-refractivity contribution in [1.82, 2.24) is 10.2 Å². The first kappa shape index (κ1) is 16.0. The summed E-state index contributed by atoms with van der Waals surface area (Å²) in [5.41, 5.74) is 0.338. The zero-order valence-corrected chi connectivity index (χ0v) is 13.4. The fourth-order valence-corrected chi connectivity index (χ4v) is 3.29. The molecular formula is C16H34N2. The van der Waals surface area contributed by atoms with Gasteiger partial charge in [0.25, 0.3) is 0 Å². The molecule has 18 heavy (non-hydrogen) atoms. The number of nitrogens with zero attached hydrogens (tertiary/aromatic N) is 1. The van der Waals surface area contributed by atoms with Crippen molar-refractivity contribution in [1.29, 1.82) is 0 Å². The van der Waals surface area contributed by atoms with Crippen LogP contribution in [0.25, 0.3) is 0 Å². The maximum absolute atomic E-state index is 3.40. The third-order valence-electron chi connectivity index (χ3n) is 5.28. The lowest BCUT2D eigenvalue weighted by Gasteiger charge is -2.41. The Balaban J connectivity index is 2.43. The van der Waals surface area contributed by atoms with E-state index in [4.69, 9.17) is 0 Å². The van der Waals surface area contributed by atoms with Crippen LogP contribution in [0.2, 0.25) is 0 Å². The minimum absolute atomic E-state index is 0.338. The summed E-state index contributed by atoms with van der Waals surface area (Å²) in [4.78, 5) is 2.61. The third-order valence-corrected chi connectivity index (χ3v) is 5.28. The Morgan fingerprint density at radius 2 is 1.78 bits per heavy atom. The largest absolute Gasteiger partial charge is 0.317 e. The van der Waals surface area contributed by atoms with Crippen molar-refractivity contribution in [2.24, 2.45) is 11.3 Å².